The van der Waals surface area contributed by atoms with Crippen LogP contribution in [0.15, 0.2) is 30.3 Å². The smallest absolute Gasteiger partial charge is 0.139 e. The number of anilines is 3. The fraction of sp³-hybridized carbons (Fsp3) is 0.333. The van der Waals surface area contributed by atoms with Crippen LogP contribution in [-0.2, 0) is 0 Å². The van der Waals surface area contributed by atoms with E-state index in [0.717, 1.165) is 28.7 Å². The highest BCUT2D eigenvalue weighted by atomic mass is 15.1. The van der Waals surface area contributed by atoms with Gasteiger partial charge < -0.3 is 10.6 Å². The Hall–Kier alpha value is -2.10. The molecule has 2 N–H and O–H groups in total. The van der Waals surface area contributed by atoms with Gasteiger partial charge in [0.2, 0.25) is 0 Å². The van der Waals surface area contributed by atoms with Gasteiger partial charge in [0.15, 0.2) is 0 Å². The molecule has 0 bridgehead atoms. The average Bonchev–Trinajstić information content (AvgIpc) is 3.27. The van der Waals surface area contributed by atoms with Gasteiger partial charge in [-0.2, -0.15) is 0 Å². The SMILES string of the molecule is CNc1nc(C2CC2)nc(Nc2ccccc2)c1C. The Balaban J connectivity index is 1.97. The predicted molar refractivity (Wildman–Crippen MR) is 78.0 cm³/mol. The average molecular weight is 254 g/mol. The maximum atomic E-state index is 4.68. The van der Waals surface area contributed by atoms with Crippen LogP contribution in [0.1, 0.15) is 30.1 Å². The van der Waals surface area contributed by atoms with Crippen molar-refractivity contribution in [1.29, 1.82) is 0 Å². The zero-order valence-corrected chi connectivity index (χ0v) is 11.3. The van der Waals surface area contributed by atoms with E-state index in [9.17, 15) is 0 Å². The van der Waals surface area contributed by atoms with Gasteiger partial charge in [0.05, 0.1) is 0 Å². The van der Waals surface area contributed by atoms with Crippen LogP contribution in [0.4, 0.5) is 17.3 Å². The van der Waals surface area contributed by atoms with Crippen molar-refractivity contribution in [2.75, 3.05) is 17.7 Å². The molecule has 0 spiro atoms. The molecule has 1 aliphatic carbocycles. The largest absolute Gasteiger partial charge is 0.373 e. The highest BCUT2D eigenvalue weighted by Crippen LogP contribution is 2.39. The summed E-state index contributed by atoms with van der Waals surface area (Å²) in [6, 6.07) is 10.1. The first-order valence-electron chi connectivity index (χ1n) is 6.66. The molecule has 1 fully saturated rings. The van der Waals surface area contributed by atoms with Crippen LogP contribution in [0.2, 0.25) is 0 Å². The monoisotopic (exact) mass is 254 g/mol. The Bertz CT molecular complexity index is 576. The quantitative estimate of drug-likeness (QED) is 0.877. The maximum Gasteiger partial charge on any atom is 0.139 e. The van der Waals surface area contributed by atoms with E-state index < -0.39 is 0 Å². The van der Waals surface area contributed by atoms with E-state index in [0.29, 0.717) is 5.92 Å². The molecule has 0 amide bonds. The van der Waals surface area contributed by atoms with E-state index in [4.69, 9.17) is 0 Å². The Labute approximate surface area is 113 Å². The van der Waals surface area contributed by atoms with Gasteiger partial charge in [-0.05, 0) is 31.9 Å². The summed E-state index contributed by atoms with van der Waals surface area (Å²) >= 11 is 0. The summed E-state index contributed by atoms with van der Waals surface area (Å²) in [5.41, 5.74) is 2.10. The lowest BCUT2D eigenvalue weighted by Gasteiger charge is -2.13. The molecule has 0 unspecified atom stereocenters. The number of aromatic nitrogens is 2. The summed E-state index contributed by atoms with van der Waals surface area (Å²) in [5, 5.41) is 6.53. The minimum Gasteiger partial charge on any atom is -0.373 e. The van der Waals surface area contributed by atoms with E-state index in [1.54, 1.807) is 0 Å². The van der Waals surface area contributed by atoms with Gasteiger partial charge in [-0.15, -0.1) is 0 Å². The number of para-hydroxylation sites is 1. The molecule has 4 heteroatoms. The first-order chi connectivity index (χ1) is 9.28. The molecule has 0 saturated heterocycles. The van der Waals surface area contributed by atoms with Crippen LogP contribution in [0.5, 0.6) is 0 Å². The standard InChI is InChI=1S/C15H18N4/c1-10-13(16-2)18-15(11-8-9-11)19-14(10)17-12-6-4-3-5-7-12/h3-7,11H,8-9H2,1-2H3,(H2,16,17,18,19). The molecule has 0 atom stereocenters. The van der Waals surface area contributed by atoms with Crippen LogP contribution in [0.3, 0.4) is 0 Å². The van der Waals surface area contributed by atoms with Gasteiger partial charge in [-0.3, -0.25) is 0 Å². The van der Waals surface area contributed by atoms with Crippen molar-refractivity contribution in [3.8, 4) is 0 Å². The number of hydrogen-bond donors (Lipinski definition) is 2. The Morgan fingerprint density at radius 2 is 1.74 bits per heavy atom. The van der Waals surface area contributed by atoms with E-state index in [1.165, 1.54) is 12.8 Å². The van der Waals surface area contributed by atoms with Gasteiger partial charge in [0.1, 0.15) is 17.5 Å². The van der Waals surface area contributed by atoms with E-state index in [1.807, 2.05) is 44.3 Å². The van der Waals surface area contributed by atoms with Gasteiger partial charge in [-0.1, -0.05) is 18.2 Å². The van der Waals surface area contributed by atoms with Crippen molar-refractivity contribution in [3.63, 3.8) is 0 Å². The zero-order valence-electron chi connectivity index (χ0n) is 11.3. The molecule has 1 aromatic carbocycles. The van der Waals surface area contributed by atoms with Gasteiger partial charge >= 0.3 is 0 Å². The fourth-order valence-corrected chi connectivity index (χ4v) is 2.08. The lowest BCUT2D eigenvalue weighted by Crippen LogP contribution is -2.06. The summed E-state index contributed by atoms with van der Waals surface area (Å²) in [6.45, 7) is 2.04. The topological polar surface area (TPSA) is 49.8 Å². The van der Waals surface area contributed by atoms with Crippen LogP contribution < -0.4 is 10.6 Å². The summed E-state index contributed by atoms with van der Waals surface area (Å²) < 4.78 is 0. The summed E-state index contributed by atoms with van der Waals surface area (Å²) in [4.78, 5) is 9.27. The first-order valence-corrected chi connectivity index (χ1v) is 6.66. The van der Waals surface area contributed by atoms with Crippen molar-refractivity contribution in [2.24, 2.45) is 0 Å². The Morgan fingerprint density at radius 1 is 1.05 bits per heavy atom. The third-order valence-corrected chi connectivity index (χ3v) is 3.38. The summed E-state index contributed by atoms with van der Waals surface area (Å²) in [7, 11) is 1.90. The Morgan fingerprint density at radius 3 is 2.37 bits per heavy atom. The van der Waals surface area contributed by atoms with E-state index >= 15 is 0 Å². The number of hydrogen-bond acceptors (Lipinski definition) is 4. The predicted octanol–water partition coefficient (Wildman–Crippen LogP) is 3.45. The Kier molecular flexibility index (Phi) is 3.07. The highest BCUT2D eigenvalue weighted by molar-refractivity contribution is 5.64. The molecule has 1 aromatic heterocycles. The highest BCUT2D eigenvalue weighted by Gasteiger charge is 2.28. The molecular weight excluding hydrogens is 236 g/mol. The fourth-order valence-electron chi connectivity index (χ4n) is 2.08. The first kappa shape index (κ1) is 12.0. The van der Waals surface area contributed by atoms with Crippen LogP contribution >= 0.6 is 0 Å². The van der Waals surface area contributed by atoms with Gasteiger partial charge in [0, 0.05) is 24.2 Å². The van der Waals surface area contributed by atoms with Crippen LogP contribution in [0, 0.1) is 6.92 Å². The summed E-state index contributed by atoms with van der Waals surface area (Å²) in [5.74, 6) is 3.31. The van der Waals surface area contributed by atoms with Crippen molar-refractivity contribution < 1.29 is 0 Å². The molecule has 0 radical (unpaired) electrons. The second kappa shape index (κ2) is 4.88. The van der Waals surface area contributed by atoms with Crippen molar-refractivity contribution in [2.45, 2.75) is 25.7 Å². The lowest BCUT2D eigenvalue weighted by atomic mass is 10.2. The lowest BCUT2D eigenvalue weighted by molar-refractivity contribution is 0.924. The number of nitrogens with zero attached hydrogens (tertiary/aromatic N) is 2. The minimum absolute atomic E-state index is 0.545. The van der Waals surface area contributed by atoms with Crippen molar-refractivity contribution in [1.82, 2.24) is 9.97 Å². The second-order valence-corrected chi connectivity index (χ2v) is 4.92. The number of nitrogens with one attached hydrogen (secondary N) is 2. The van der Waals surface area contributed by atoms with Crippen molar-refractivity contribution >= 4 is 17.3 Å². The molecule has 0 aliphatic heterocycles. The van der Waals surface area contributed by atoms with E-state index in [2.05, 4.69) is 20.6 Å². The molecule has 98 valence electrons. The van der Waals surface area contributed by atoms with Gasteiger partial charge in [-0.25, -0.2) is 9.97 Å². The zero-order chi connectivity index (χ0) is 13.2. The normalized spacial score (nSPS) is 14.2. The summed E-state index contributed by atoms with van der Waals surface area (Å²) in [6.07, 6.45) is 2.41. The number of benzene rings is 1. The van der Waals surface area contributed by atoms with Crippen LogP contribution in [-0.4, -0.2) is 17.0 Å². The molecule has 19 heavy (non-hydrogen) atoms. The van der Waals surface area contributed by atoms with Crippen LogP contribution in [0.25, 0.3) is 0 Å². The molecule has 4 nitrogen and oxygen atoms in total. The molecule has 3 rings (SSSR count). The molecule has 1 aliphatic rings. The minimum atomic E-state index is 0.545. The maximum absolute atomic E-state index is 4.68. The van der Waals surface area contributed by atoms with Crippen molar-refractivity contribution in [3.05, 3.63) is 41.7 Å². The third kappa shape index (κ3) is 2.52. The number of rotatable bonds is 4. The third-order valence-electron chi connectivity index (χ3n) is 3.38. The van der Waals surface area contributed by atoms with Gasteiger partial charge in [0.25, 0.3) is 0 Å². The molecule has 2 aromatic rings. The van der Waals surface area contributed by atoms with E-state index in [-0.39, 0.29) is 0 Å². The second-order valence-electron chi connectivity index (χ2n) is 4.92. The molecular formula is C15H18N4. The molecule has 1 saturated carbocycles. The molecule has 1 heterocycles.